The smallest absolute Gasteiger partial charge is 0.00483 e. The van der Waals surface area contributed by atoms with Crippen LogP contribution in [0.25, 0.3) is 6.08 Å². The van der Waals surface area contributed by atoms with Crippen molar-refractivity contribution in [1.29, 1.82) is 0 Å². The zero-order valence-electron chi connectivity index (χ0n) is 14.7. The molecule has 120 valence electrons. The number of hydrogen-bond donors (Lipinski definition) is 1. The van der Waals surface area contributed by atoms with E-state index in [4.69, 9.17) is 5.73 Å². The van der Waals surface area contributed by atoms with Crippen molar-refractivity contribution < 1.29 is 0 Å². The SMILES string of the molecule is CC1=C(/C=C/c2cccc(CC(C)CN)c2)C(C)(C)CCC1. The van der Waals surface area contributed by atoms with Crippen LogP contribution in [0.4, 0.5) is 0 Å². The van der Waals surface area contributed by atoms with E-state index < -0.39 is 0 Å². The van der Waals surface area contributed by atoms with E-state index in [1.54, 1.807) is 5.57 Å². The molecule has 2 N–H and O–H groups in total. The van der Waals surface area contributed by atoms with Gasteiger partial charge in [-0.1, -0.05) is 62.8 Å². The lowest BCUT2D eigenvalue weighted by Gasteiger charge is -2.32. The summed E-state index contributed by atoms with van der Waals surface area (Å²) in [7, 11) is 0. The van der Waals surface area contributed by atoms with Crippen LogP contribution in [0.3, 0.4) is 0 Å². The van der Waals surface area contributed by atoms with Crippen molar-refractivity contribution in [3.8, 4) is 0 Å². The van der Waals surface area contributed by atoms with Gasteiger partial charge in [-0.3, -0.25) is 0 Å². The second-order valence-electron chi connectivity index (χ2n) is 7.55. The molecular formula is C21H31N. The van der Waals surface area contributed by atoms with Gasteiger partial charge in [0.25, 0.3) is 0 Å². The highest BCUT2D eigenvalue weighted by Gasteiger charge is 2.26. The van der Waals surface area contributed by atoms with Gasteiger partial charge < -0.3 is 5.73 Å². The lowest BCUT2D eigenvalue weighted by Crippen LogP contribution is -2.18. The summed E-state index contributed by atoms with van der Waals surface area (Å²) in [5.41, 5.74) is 11.8. The van der Waals surface area contributed by atoms with E-state index in [9.17, 15) is 0 Å². The molecule has 1 aromatic carbocycles. The summed E-state index contributed by atoms with van der Waals surface area (Å²) in [6, 6.07) is 8.86. The number of benzene rings is 1. The highest BCUT2D eigenvalue weighted by Crippen LogP contribution is 2.40. The molecule has 0 amide bonds. The van der Waals surface area contributed by atoms with Gasteiger partial charge in [0, 0.05) is 0 Å². The zero-order valence-corrected chi connectivity index (χ0v) is 14.7. The summed E-state index contributed by atoms with van der Waals surface area (Å²) in [5, 5.41) is 0. The minimum Gasteiger partial charge on any atom is -0.330 e. The Labute approximate surface area is 136 Å². The topological polar surface area (TPSA) is 26.0 Å². The fourth-order valence-electron chi connectivity index (χ4n) is 3.50. The molecule has 0 aromatic heterocycles. The van der Waals surface area contributed by atoms with Crippen LogP contribution < -0.4 is 5.73 Å². The third-order valence-electron chi connectivity index (χ3n) is 4.92. The van der Waals surface area contributed by atoms with E-state index in [1.165, 1.54) is 36.0 Å². The van der Waals surface area contributed by atoms with Crippen molar-refractivity contribution in [2.75, 3.05) is 6.54 Å². The molecule has 1 aromatic rings. The van der Waals surface area contributed by atoms with Crippen molar-refractivity contribution >= 4 is 6.08 Å². The number of hydrogen-bond acceptors (Lipinski definition) is 1. The van der Waals surface area contributed by atoms with Crippen LogP contribution in [0.2, 0.25) is 0 Å². The predicted octanol–water partition coefficient (Wildman–Crippen LogP) is 5.36. The van der Waals surface area contributed by atoms with Gasteiger partial charge in [-0.25, -0.2) is 0 Å². The monoisotopic (exact) mass is 297 g/mol. The maximum atomic E-state index is 5.74. The minimum atomic E-state index is 0.310. The predicted molar refractivity (Wildman–Crippen MR) is 97.7 cm³/mol. The van der Waals surface area contributed by atoms with Gasteiger partial charge in [0.1, 0.15) is 0 Å². The lowest BCUT2D eigenvalue weighted by atomic mass is 9.72. The molecule has 22 heavy (non-hydrogen) atoms. The average molecular weight is 297 g/mol. The van der Waals surface area contributed by atoms with Crippen LogP contribution in [0.15, 0.2) is 41.5 Å². The summed E-state index contributed by atoms with van der Waals surface area (Å²) >= 11 is 0. The average Bonchev–Trinajstić information content (AvgIpc) is 2.46. The van der Waals surface area contributed by atoms with Crippen molar-refractivity contribution in [1.82, 2.24) is 0 Å². The first-order valence-corrected chi connectivity index (χ1v) is 8.59. The summed E-state index contributed by atoms with van der Waals surface area (Å²) in [5.74, 6) is 0.543. The molecule has 0 heterocycles. The quantitative estimate of drug-likeness (QED) is 0.777. The maximum absolute atomic E-state index is 5.74. The molecule has 2 rings (SSSR count). The van der Waals surface area contributed by atoms with E-state index >= 15 is 0 Å². The van der Waals surface area contributed by atoms with E-state index in [1.807, 2.05) is 0 Å². The Morgan fingerprint density at radius 1 is 1.27 bits per heavy atom. The van der Waals surface area contributed by atoms with Gasteiger partial charge >= 0.3 is 0 Å². The van der Waals surface area contributed by atoms with Crippen molar-refractivity contribution in [2.24, 2.45) is 17.1 Å². The molecule has 1 aliphatic carbocycles. The van der Waals surface area contributed by atoms with Crippen LogP contribution in [0.5, 0.6) is 0 Å². The van der Waals surface area contributed by atoms with Crippen LogP contribution in [-0.2, 0) is 6.42 Å². The van der Waals surface area contributed by atoms with E-state index in [2.05, 4.69) is 64.1 Å². The molecule has 0 spiro atoms. The second-order valence-corrected chi connectivity index (χ2v) is 7.55. The molecule has 1 aliphatic rings. The summed E-state index contributed by atoms with van der Waals surface area (Å²) in [6.07, 6.45) is 9.55. The molecule has 0 saturated carbocycles. The molecular weight excluding hydrogens is 266 g/mol. The number of rotatable bonds is 5. The molecule has 1 unspecified atom stereocenters. The Hall–Kier alpha value is -1.34. The maximum Gasteiger partial charge on any atom is -0.00483 e. The van der Waals surface area contributed by atoms with Gasteiger partial charge in [-0.05, 0) is 67.2 Å². The Morgan fingerprint density at radius 2 is 2.05 bits per heavy atom. The fraction of sp³-hybridized carbons (Fsp3) is 0.524. The highest BCUT2D eigenvalue weighted by atomic mass is 14.5. The van der Waals surface area contributed by atoms with Gasteiger partial charge in [0.15, 0.2) is 0 Å². The molecule has 0 bridgehead atoms. The Kier molecular flexibility index (Phi) is 5.63. The standard InChI is InChI=1S/C21H31N/c1-16(15-22)13-19-9-5-8-18(14-19)10-11-20-17(2)7-6-12-21(20,3)4/h5,8-11,14,16H,6-7,12-13,15,22H2,1-4H3/b11-10+. The largest absolute Gasteiger partial charge is 0.330 e. The third kappa shape index (κ3) is 4.33. The van der Waals surface area contributed by atoms with Gasteiger partial charge in [0.2, 0.25) is 0 Å². The molecule has 0 radical (unpaired) electrons. The molecule has 0 aliphatic heterocycles. The lowest BCUT2D eigenvalue weighted by molar-refractivity contribution is 0.377. The number of nitrogens with two attached hydrogens (primary N) is 1. The summed E-state index contributed by atoms with van der Waals surface area (Å²) in [6.45, 7) is 9.99. The summed E-state index contributed by atoms with van der Waals surface area (Å²) in [4.78, 5) is 0. The highest BCUT2D eigenvalue weighted by molar-refractivity contribution is 5.55. The van der Waals surface area contributed by atoms with Crippen LogP contribution in [0, 0.1) is 11.3 Å². The first kappa shape index (κ1) is 17.0. The van der Waals surface area contributed by atoms with Crippen LogP contribution in [-0.4, -0.2) is 6.54 Å². The molecule has 0 fully saturated rings. The molecule has 1 heteroatoms. The summed E-state index contributed by atoms with van der Waals surface area (Å²) < 4.78 is 0. The first-order valence-electron chi connectivity index (χ1n) is 8.59. The molecule has 0 saturated heterocycles. The van der Waals surface area contributed by atoms with Crippen molar-refractivity contribution in [3.05, 3.63) is 52.6 Å². The van der Waals surface area contributed by atoms with Gasteiger partial charge in [-0.15, -0.1) is 0 Å². The minimum absolute atomic E-state index is 0.310. The van der Waals surface area contributed by atoms with E-state index in [0.717, 1.165) is 13.0 Å². The van der Waals surface area contributed by atoms with E-state index in [0.29, 0.717) is 11.3 Å². The Bertz CT molecular complexity index is 563. The van der Waals surface area contributed by atoms with Crippen molar-refractivity contribution in [2.45, 2.75) is 53.4 Å². The molecule has 1 nitrogen and oxygen atoms in total. The van der Waals surface area contributed by atoms with Crippen LogP contribution >= 0.6 is 0 Å². The van der Waals surface area contributed by atoms with Gasteiger partial charge in [-0.2, -0.15) is 0 Å². The Morgan fingerprint density at radius 3 is 2.73 bits per heavy atom. The number of allylic oxidation sites excluding steroid dienone is 3. The first-order chi connectivity index (χ1) is 10.4. The Balaban J connectivity index is 2.18. The van der Waals surface area contributed by atoms with E-state index in [-0.39, 0.29) is 0 Å². The zero-order chi connectivity index (χ0) is 16.2. The fourth-order valence-corrected chi connectivity index (χ4v) is 3.50. The third-order valence-corrected chi connectivity index (χ3v) is 4.92. The second kappa shape index (κ2) is 7.28. The molecule has 1 atom stereocenters. The van der Waals surface area contributed by atoms with Gasteiger partial charge in [0.05, 0.1) is 0 Å². The van der Waals surface area contributed by atoms with Crippen LogP contribution in [0.1, 0.15) is 58.1 Å². The normalized spacial score (nSPS) is 19.7. The van der Waals surface area contributed by atoms with Crippen molar-refractivity contribution in [3.63, 3.8) is 0 Å².